The van der Waals surface area contributed by atoms with Crippen molar-refractivity contribution in [1.82, 2.24) is 5.32 Å². The molecule has 3 saturated carbocycles. The highest BCUT2D eigenvalue weighted by Crippen LogP contribution is 2.72. The maximum Gasteiger partial charge on any atom is 0.308 e. The van der Waals surface area contributed by atoms with Gasteiger partial charge in [-0.3, -0.25) is 24.0 Å². The van der Waals surface area contributed by atoms with Gasteiger partial charge in [-0.05, 0) is 62.5 Å². The van der Waals surface area contributed by atoms with Crippen LogP contribution >= 0.6 is 11.6 Å². The molecule has 0 aromatic heterocycles. The van der Waals surface area contributed by atoms with Crippen LogP contribution < -0.4 is 5.32 Å². The predicted octanol–water partition coefficient (Wildman–Crippen LogP) is 2.75. The van der Waals surface area contributed by atoms with Gasteiger partial charge in [0.05, 0.1) is 30.6 Å². The molecule has 4 rings (SSSR count). The summed E-state index contributed by atoms with van der Waals surface area (Å²) in [5, 5.41) is 33.3. The monoisotopic (exact) mass is 741 g/mol. The van der Waals surface area contributed by atoms with E-state index in [0.29, 0.717) is 19.3 Å². The van der Waals surface area contributed by atoms with Crippen LogP contribution in [0.4, 0.5) is 0 Å². The van der Waals surface area contributed by atoms with Crippen molar-refractivity contribution in [3.05, 3.63) is 44.0 Å². The van der Waals surface area contributed by atoms with Gasteiger partial charge < -0.3 is 29.6 Å². The lowest BCUT2D eigenvalue weighted by Gasteiger charge is -2.64. The molecule has 4 aliphatic rings. The number of carbonyl (C=O) groups is 5. The molecule has 4 aliphatic carbocycles. The maximum atomic E-state index is 14.4. The summed E-state index contributed by atoms with van der Waals surface area (Å²) in [6, 6.07) is 0. The van der Waals surface area contributed by atoms with E-state index in [9.17, 15) is 49.3 Å². The van der Waals surface area contributed by atoms with E-state index in [1.54, 1.807) is 26.0 Å². The zero-order valence-electron chi connectivity index (χ0n) is 28.8. The Bertz CT molecular complexity index is 1500. The summed E-state index contributed by atoms with van der Waals surface area (Å²) in [6.07, 6.45) is 4.17. The van der Waals surface area contributed by atoms with E-state index < -0.39 is 73.7 Å². The molecule has 0 aromatic carbocycles. The molecule has 0 saturated heterocycles. The maximum absolute atomic E-state index is 14.4. The van der Waals surface area contributed by atoms with Crippen molar-refractivity contribution >= 4 is 41.0 Å². The Morgan fingerprint density at radius 1 is 1.02 bits per heavy atom. The summed E-state index contributed by atoms with van der Waals surface area (Å²) in [7, 11) is 0. The number of ketones is 2. The molecular formula is C33H44ClN3O14. The Morgan fingerprint density at radius 2 is 1.67 bits per heavy atom. The number of alkyl halides is 1. The number of Topliss-reactive ketones (excluding diaryl/α,β-unsaturated/α-hetero) is 1. The number of aliphatic hydroxyl groups is 1. The summed E-state index contributed by atoms with van der Waals surface area (Å²) in [5.41, 5.74) is -3.13. The van der Waals surface area contributed by atoms with Crippen LogP contribution in [0.15, 0.2) is 23.8 Å². The van der Waals surface area contributed by atoms with E-state index in [2.05, 4.69) is 15.0 Å². The van der Waals surface area contributed by atoms with Crippen molar-refractivity contribution in [3.8, 4) is 0 Å². The van der Waals surface area contributed by atoms with E-state index in [0.717, 1.165) is 5.57 Å². The molecule has 0 bridgehead atoms. The highest BCUT2D eigenvalue weighted by Gasteiger charge is 2.76. The Balaban J connectivity index is 1.53. The third kappa shape index (κ3) is 7.59. The summed E-state index contributed by atoms with van der Waals surface area (Å²) in [4.78, 5) is 92.6. The number of esters is 2. The van der Waals surface area contributed by atoms with Gasteiger partial charge in [-0.25, -0.2) is 0 Å². The molecule has 0 spiro atoms. The summed E-state index contributed by atoms with van der Waals surface area (Å²) >= 11 is 7.53. The lowest BCUT2D eigenvalue weighted by atomic mass is 9.45. The van der Waals surface area contributed by atoms with E-state index >= 15 is 0 Å². The van der Waals surface area contributed by atoms with Gasteiger partial charge >= 0.3 is 11.9 Å². The Hall–Kier alpha value is -4.12. The second-order valence-electron chi connectivity index (χ2n) is 14.1. The van der Waals surface area contributed by atoms with E-state index in [-0.39, 0.29) is 75.9 Å². The number of nitrogens with zero attached hydrogens (tertiary/aromatic N) is 2. The van der Waals surface area contributed by atoms with Crippen LogP contribution in [0.2, 0.25) is 0 Å². The van der Waals surface area contributed by atoms with Crippen LogP contribution in [0.3, 0.4) is 0 Å². The lowest BCUT2D eigenvalue weighted by Crippen LogP contribution is -2.69. The van der Waals surface area contributed by atoms with E-state index in [1.165, 1.54) is 6.08 Å². The number of ether oxygens (including phenoxy) is 2. The number of hydrogen-bond acceptors (Lipinski definition) is 14. The number of aliphatic hydroxyl groups excluding tert-OH is 1. The minimum Gasteiger partial charge on any atom is -0.457 e. The van der Waals surface area contributed by atoms with Gasteiger partial charge in [0.15, 0.2) is 18.0 Å². The van der Waals surface area contributed by atoms with Crippen molar-refractivity contribution in [2.24, 2.45) is 28.6 Å². The van der Waals surface area contributed by atoms with Crippen molar-refractivity contribution in [1.29, 1.82) is 0 Å². The van der Waals surface area contributed by atoms with Crippen LogP contribution in [-0.2, 0) is 43.1 Å². The van der Waals surface area contributed by atoms with Gasteiger partial charge in [-0.15, -0.1) is 31.8 Å². The van der Waals surface area contributed by atoms with E-state index in [4.69, 9.17) is 21.1 Å². The highest BCUT2D eigenvalue weighted by molar-refractivity contribution is 6.26. The van der Waals surface area contributed by atoms with Gasteiger partial charge in [-0.1, -0.05) is 32.4 Å². The number of rotatable bonds is 17. The number of nitrogens with one attached hydrogen (secondary N) is 1. The average molecular weight is 742 g/mol. The number of hydrogen-bond donors (Lipinski definition) is 2. The summed E-state index contributed by atoms with van der Waals surface area (Å²) in [5.74, 6) is -4.36. The first-order chi connectivity index (χ1) is 23.9. The van der Waals surface area contributed by atoms with Crippen LogP contribution in [0.5, 0.6) is 0 Å². The fraction of sp³-hybridized carbons (Fsp3) is 0.727. The molecule has 282 valence electrons. The first-order valence-electron chi connectivity index (χ1n) is 17.0. The number of allylic oxidation sites excluding steroid dienone is 4. The largest absolute Gasteiger partial charge is 0.457 e. The molecule has 2 N–H and O–H groups in total. The third-order valence-electron chi connectivity index (χ3n) is 11.4. The highest BCUT2D eigenvalue weighted by atomic mass is 35.5. The minimum atomic E-state index is -1.88. The second kappa shape index (κ2) is 15.6. The molecule has 1 amide bonds. The molecule has 17 nitrogen and oxygen atoms in total. The minimum absolute atomic E-state index is 0.0667. The normalized spacial score (nSPS) is 33.4. The number of amides is 1. The topological polar surface area (TPSA) is 241 Å². The first-order valence-corrected chi connectivity index (χ1v) is 17.3. The Kier molecular flexibility index (Phi) is 12.2. The van der Waals surface area contributed by atoms with Gasteiger partial charge in [0, 0.05) is 36.1 Å². The van der Waals surface area contributed by atoms with Crippen molar-refractivity contribution in [2.45, 2.75) is 95.1 Å². The molecule has 0 aromatic rings. The van der Waals surface area contributed by atoms with Crippen molar-refractivity contribution in [2.75, 3.05) is 26.4 Å². The van der Waals surface area contributed by atoms with Crippen molar-refractivity contribution < 1.29 is 58.4 Å². The zero-order chi connectivity index (χ0) is 37.8. The lowest BCUT2D eigenvalue weighted by molar-refractivity contribution is -0.757. The molecule has 8 atom stereocenters. The number of carbonyl (C=O) groups excluding carboxylic acids is 5. The molecule has 18 heteroatoms. The molecule has 0 aliphatic heterocycles. The first kappa shape index (κ1) is 39.7. The SMILES string of the molecule is C[C@H]1CC2C3CCC4=CC(=O)C=C[C@]4(C)[C@@]3(Cl)[C@@H](O)C[C@]2(C)[C@@]1(OC(=O)CCCO[N+](=O)[O-])C(=O)COC(=O)CCNC(=O)CCCO[N+](=O)[O-]. The van der Waals surface area contributed by atoms with Crippen molar-refractivity contribution in [3.63, 3.8) is 0 Å². The fourth-order valence-corrected chi connectivity index (χ4v) is 9.60. The van der Waals surface area contributed by atoms with Gasteiger partial charge in [0.2, 0.25) is 11.7 Å². The molecule has 0 radical (unpaired) electrons. The van der Waals surface area contributed by atoms with Crippen LogP contribution in [-0.4, -0.2) is 87.6 Å². The van der Waals surface area contributed by atoms with Gasteiger partial charge in [-0.2, -0.15) is 0 Å². The Labute approximate surface area is 298 Å². The molecule has 0 heterocycles. The summed E-state index contributed by atoms with van der Waals surface area (Å²) < 4.78 is 11.4. The summed E-state index contributed by atoms with van der Waals surface area (Å²) in [6.45, 7) is 3.85. The zero-order valence-corrected chi connectivity index (χ0v) is 29.5. The van der Waals surface area contributed by atoms with Gasteiger partial charge in [0.1, 0.15) is 0 Å². The number of halogens is 1. The van der Waals surface area contributed by atoms with Crippen LogP contribution in [0.25, 0.3) is 0 Å². The average Bonchev–Trinajstić information content (AvgIpc) is 3.27. The van der Waals surface area contributed by atoms with E-state index in [1.807, 2.05) is 6.92 Å². The number of fused-ring (bicyclic) bond motifs is 5. The second-order valence-corrected chi connectivity index (χ2v) is 14.7. The van der Waals surface area contributed by atoms with Crippen LogP contribution in [0.1, 0.15) is 78.6 Å². The van der Waals surface area contributed by atoms with Gasteiger partial charge in [0.25, 0.3) is 10.2 Å². The molecule has 2 unspecified atom stereocenters. The smallest absolute Gasteiger partial charge is 0.308 e. The predicted molar refractivity (Wildman–Crippen MR) is 174 cm³/mol. The quantitative estimate of drug-likeness (QED) is 0.0716. The standard InChI is InChI=1S/C33H44ClN3O14/c1-20-16-24-23-9-8-21-17-22(38)10-12-30(21,2)32(23,34)25(39)18-31(24,3)33(20,51-29(43)7-5-15-50-37(46)47)26(40)19-48-28(42)11-13-35-27(41)6-4-14-49-36(44)45/h10,12,17,20,23-25,39H,4-9,11,13-16,18-19H2,1-3H3,(H,35,41)/t20-,23?,24?,25-,30-,31-,32-,33-/m0/s1. The van der Waals surface area contributed by atoms with Crippen LogP contribution in [0, 0.1) is 48.8 Å². The molecule has 3 fully saturated rings. The Morgan fingerprint density at radius 3 is 2.31 bits per heavy atom. The fourth-order valence-electron chi connectivity index (χ4n) is 9.07. The molecule has 51 heavy (non-hydrogen) atoms. The third-order valence-corrected chi connectivity index (χ3v) is 12.3. The molecular weight excluding hydrogens is 698 g/mol.